The summed E-state index contributed by atoms with van der Waals surface area (Å²) in [5.41, 5.74) is 0.309. The molecule has 7 nitrogen and oxygen atoms in total. The quantitative estimate of drug-likeness (QED) is 0.881. The minimum atomic E-state index is -0.383. The second-order valence-electron chi connectivity index (χ2n) is 4.50. The minimum absolute atomic E-state index is 0.256. The lowest BCUT2D eigenvalue weighted by molar-refractivity contribution is 0.102. The Labute approximate surface area is 120 Å². The number of nitrogens with one attached hydrogen (secondary N) is 2. The van der Waals surface area contributed by atoms with Crippen LogP contribution in [0.15, 0.2) is 18.6 Å². The van der Waals surface area contributed by atoms with Crippen molar-refractivity contribution in [1.82, 2.24) is 20.2 Å². The number of anilines is 1. The highest BCUT2D eigenvalue weighted by atomic mass is 35.5. The summed E-state index contributed by atoms with van der Waals surface area (Å²) in [5, 5.41) is 8.97. The lowest BCUT2D eigenvalue weighted by Crippen LogP contribution is -2.14. The van der Waals surface area contributed by atoms with E-state index in [9.17, 15) is 4.79 Å². The molecule has 20 heavy (non-hydrogen) atoms. The van der Waals surface area contributed by atoms with Crippen molar-refractivity contribution in [1.29, 1.82) is 0 Å². The Hall–Kier alpha value is -2.15. The van der Waals surface area contributed by atoms with Crippen LogP contribution in [0.1, 0.15) is 24.2 Å². The fraction of sp³-hybridized carbons (Fsp3) is 0.333. The molecule has 8 heteroatoms. The van der Waals surface area contributed by atoms with Crippen molar-refractivity contribution >= 4 is 23.5 Å². The molecule has 0 radical (unpaired) electrons. The summed E-state index contributed by atoms with van der Waals surface area (Å²) in [6.07, 6.45) is 2.69. The predicted octanol–water partition coefficient (Wildman–Crippen LogP) is 2.14. The van der Waals surface area contributed by atoms with Gasteiger partial charge in [0.1, 0.15) is 11.3 Å². The van der Waals surface area contributed by atoms with E-state index >= 15 is 0 Å². The molecule has 0 saturated heterocycles. The van der Waals surface area contributed by atoms with Crippen LogP contribution in [0.25, 0.3) is 0 Å². The molecular weight excluding hydrogens is 282 g/mol. The van der Waals surface area contributed by atoms with Gasteiger partial charge in [-0.3, -0.25) is 10.1 Å². The molecule has 1 amide bonds. The highest BCUT2D eigenvalue weighted by Crippen LogP contribution is 2.23. The van der Waals surface area contributed by atoms with E-state index in [1.165, 1.54) is 18.6 Å². The van der Waals surface area contributed by atoms with Gasteiger partial charge in [0.2, 0.25) is 11.8 Å². The van der Waals surface area contributed by atoms with Crippen LogP contribution in [0.4, 0.5) is 5.95 Å². The zero-order chi connectivity index (χ0) is 14.5. The molecule has 2 aromatic heterocycles. The number of aromatic amines is 1. The Kier molecular flexibility index (Phi) is 4.52. The van der Waals surface area contributed by atoms with Crippen molar-refractivity contribution in [2.24, 2.45) is 5.92 Å². The van der Waals surface area contributed by atoms with Crippen LogP contribution >= 0.6 is 11.6 Å². The van der Waals surface area contributed by atoms with Gasteiger partial charge in [-0.25, -0.2) is 10.1 Å². The molecule has 0 aliphatic heterocycles. The fourth-order valence-corrected chi connectivity index (χ4v) is 1.57. The first-order chi connectivity index (χ1) is 9.56. The first-order valence-corrected chi connectivity index (χ1v) is 6.39. The van der Waals surface area contributed by atoms with Crippen molar-refractivity contribution in [3.05, 3.63) is 29.2 Å². The van der Waals surface area contributed by atoms with Gasteiger partial charge >= 0.3 is 0 Å². The molecule has 0 spiro atoms. The maximum atomic E-state index is 11.9. The standard InChI is InChI=1S/C12H14ClN5O2/c1-7(2)5-20-11-9(13)3-8(4-14-11)10(19)17-12-15-6-16-18-12/h3-4,6-7H,5H2,1-2H3,(H2,15,16,17,18,19). The maximum absolute atomic E-state index is 11.9. The number of carbonyl (C=O) groups excluding carboxylic acids is 1. The number of pyridine rings is 1. The van der Waals surface area contributed by atoms with E-state index in [1.807, 2.05) is 13.8 Å². The highest BCUT2D eigenvalue weighted by Gasteiger charge is 2.12. The summed E-state index contributed by atoms with van der Waals surface area (Å²) in [4.78, 5) is 19.7. The molecular formula is C12H14ClN5O2. The summed E-state index contributed by atoms with van der Waals surface area (Å²) in [5.74, 6) is 0.552. The van der Waals surface area contributed by atoms with Crippen molar-refractivity contribution < 1.29 is 9.53 Å². The van der Waals surface area contributed by atoms with Crippen LogP contribution in [0.3, 0.4) is 0 Å². The van der Waals surface area contributed by atoms with Gasteiger partial charge in [0.05, 0.1) is 12.2 Å². The van der Waals surface area contributed by atoms with Gasteiger partial charge < -0.3 is 4.74 Å². The van der Waals surface area contributed by atoms with E-state index in [0.29, 0.717) is 24.0 Å². The number of carbonyl (C=O) groups is 1. The van der Waals surface area contributed by atoms with Crippen molar-refractivity contribution in [2.45, 2.75) is 13.8 Å². The molecule has 2 heterocycles. The number of hydrogen-bond donors (Lipinski definition) is 2. The summed E-state index contributed by atoms with van der Waals surface area (Å²) >= 11 is 6.04. The second kappa shape index (κ2) is 6.33. The van der Waals surface area contributed by atoms with Crippen molar-refractivity contribution in [2.75, 3.05) is 11.9 Å². The maximum Gasteiger partial charge on any atom is 0.259 e. The third kappa shape index (κ3) is 3.67. The van der Waals surface area contributed by atoms with E-state index in [1.54, 1.807) is 0 Å². The van der Waals surface area contributed by atoms with Crippen LogP contribution in [-0.4, -0.2) is 32.7 Å². The highest BCUT2D eigenvalue weighted by molar-refractivity contribution is 6.32. The molecule has 0 aliphatic carbocycles. The van der Waals surface area contributed by atoms with E-state index in [-0.39, 0.29) is 16.9 Å². The van der Waals surface area contributed by atoms with Crippen LogP contribution in [0.5, 0.6) is 5.88 Å². The lowest BCUT2D eigenvalue weighted by atomic mass is 10.2. The van der Waals surface area contributed by atoms with Crippen LogP contribution in [0, 0.1) is 5.92 Å². The topological polar surface area (TPSA) is 92.8 Å². The SMILES string of the molecule is CC(C)COc1ncc(C(=O)Nc2ncn[nH]2)cc1Cl. The molecule has 0 atom stereocenters. The molecule has 2 rings (SSSR count). The molecule has 0 bridgehead atoms. The van der Waals surface area contributed by atoms with Crippen molar-refractivity contribution in [3.8, 4) is 5.88 Å². The van der Waals surface area contributed by atoms with Crippen LogP contribution < -0.4 is 10.1 Å². The Balaban J connectivity index is 2.06. The molecule has 0 fully saturated rings. The first-order valence-electron chi connectivity index (χ1n) is 6.01. The molecule has 2 aromatic rings. The molecule has 0 aromatic carbocycles. The Bertz CT molecular complexity index is 586. The van der Waals surface area contributed by atoms with Gasteiger partial charge in [-0.1, -0.05) is 25.4 Å². The van der Waals surface area contributed by atoms with Crippen LogP contribution in [-0.2, 0) is 0 Å². The summed E-state index contributed by atoms with van der Waals surface area (Å²) in [7, 11) is 0. The number of amides is 1. The monoisotopic (exact) mass is 295 g/mol. The fourth-order valence-electron chi connectivity index (χ4n) is 1.35. The van der Waals surface area contributed by atoms with E-state index < -0.39 is 0 Å². The Morgan fingerprint density at radius 3 is 2.90 bits per heavy atom. The lowest BCUT2D eigenvalue weighted by Gasteiger charge is -2.09. The average Bonchev–Trinajstić information content (AvgIpc) is 2.89. The zero-order valence-corrected chi connectivity index (χ0v) is 11.8. The molecule has 2 N–H and O–H groups in total. The second-order valence-corrected chi connectivity index (χ2v) is 4.91. The Morgan fingerprint density at radius 2 is 2.30 bits per heavy atom. The van der Waals surface area contributed by atoms with Crippen molar-refractivity contribution in [3.63, 3.8) is 0 Å². The van der Waals surface area contributed by atoms with Gasteiger partial charge in [-0.15, -0.1) is 0 Å². The van der Waals surface area contributed by atoms with E-state index in [2.05, 4.69) is 25.5 Å². The first kappa shape index (κ1) is 14.3. The zero-order valence-electron chi connectivity index (χ0n) is 11.1. The third-order valence-corrected chi connectivity index (χ3v) is 2.54. The van der Waals surface area contributed by atoms with E-state index in [4.69, 9.17) is 16.3 Å². The summed E-state index contributed by atoms with van der Waals surface area (Å²) in [6.45, 7) is 4.55. The minimum Gasteiger partial charge on any atom is -0.476 e. The summed E-state index contributed by atoms with van der Waals surface area (Å²) < 4.78 is 5.44. The normalized spacial score (nSPS) is 10.6. The number of H-pyrrole nitrogens is 1. The predicted molar refractivity (Wildman–Crippen MR) is 73.9 cm³/mol. The smallest absolute Gasteiger partial charge is 0.259 e. The number of ether oxygens (including phenoxy) is 1. The number of rotatable bonds is 5. The van der Waals surface area contributed by atoms with Gasteiger partial charge in [0.15, 0.2) is 0 Å². The Morgan fingerprint density at radius 1 is 1.50 bits per heavy atom. The third-order valence-electron chi connectivity index (χ3n) is 2.27. The van der Waals surface area contributed by atoms with E-state index in [0.717, 1.165) is 0 Å². The number of halogens is 1. The molecule has 0 aliphatic rings. The number of nitrogens with zero attached hydrogens (tertiary/aromatic N) is 3. The average molecular weight is 296 g/mol. The largest absolute Gasteiger partial charge is 0.476 e. The number of hydrogen-bond acceptors (Lipinski definition) is 5. The molecule has 0 saturated carbocycles. The number of aromatic nitrogens is 4. The molecule has 0 unspecified atom stereocenters. The van der Waals surface area contributed by atoms with Gasteiger partial charge in [0, 0.05) is 6.20 Å². The van der Waals surface area contributed by atoms with Gasteiger partial charge in [-0.05, 0) is 12.0 Å². The van der Waals surface area contributed by atoms with Crippen LogP contribution in [0.2, 0.25) is 5.02 Å². The van der Waals surface area contributed by atoms with Gasteiger partial charge in [0.25, 0.3) is 5.91 Å². The van der Waals surface area contributed by atoms with Gasteiger partial charge in [-0.2, -0.15) is 10.1 Å². The summed E-state index contributed by atoms with van der Waals surface area (Å²) in [6, 6.07) is 1.50. The molecule has 106 valence electrons.